The van der Waals surface area contributed by atoms with Crippen molar-refractivity contribution in [3.63, 3.8) is 0 Å². The van der Waals surface area contributed by atoms with Crippen molar-refractivity contribution in [1.29, 1.82) is 0 Å². The lowest BCUT2D eigenvalue weighted by Crippen LogP contribution is -2.13. The molecule has 1 aliphatic rings. The lowest BCUT2D eigenvalue weighted by molar-refractivity contribution is 0.484. The fraction of sp³-hybridized carbons (Fsp3) is 0.500. The van der Waals surface area contributed by atoms with E-state index in [0.717, 1.165) is 41.3 Å². The smallest absolute Gasteiger partial charge is 0.144 e. The lowest BCUT2D eigenvalue weighted by Gasteiger charge is -2.15. The summed E-state index contributed by atoms with van der Waals surface area (Å²) in [5.41, 5.74) is 3.59. The normalized spacial score (nSPS) is 14.2. The number of aryl methyl sites for hydroxylation is 3. The van der Waals surface area contributed by atoms with Crippen molar-refractivity contribution in [2.45, 2.75) is 46.2 Å². The minimum absolute atomic E-state index is 0.754. The molecule has 0 aromatic carbocycles. The highest BCUT2D eigenvalue weighted by Crippen LogP contribution is 2.24. The molecule has 5 nitrogen and oxygen atoms in total. The van der Waals surface area contributed by atoms with Gasteiger partial charge in [-0.3, -0.25) is 4.68 Å². The number of fused-ring (bicyclic) bond motifs is 1. The molecule has 0 fully saturated rings. The summed E-state index contributed by atoms with van der Waals surface area (Å²) in [6.45, 7) is 5.69. The molecular formula is C14H18BrN5. The van der Waals surface area contributed by atoms with E-state index in [0.29, 0.717) is 0 Å². The van der Waals surface area contributed by atoms with E-state index in [2.05, 4.69) is 41.0 Å². The van der Waals surface area contributed by atoms with Gasteiger partial charge in [0.25, 0.3) is 0 Å². The number of rotatable bonds is 3. The molecule has 0 amide bonds. The fourth-order valence-electron chi connectivity index (χ4n) is 2.63. The van der Waals surface area contributed by atoms with Gasteiger partial charge in [-0.25, -0.2) is 9.97 Å². The van der Waals surface area contributed by atoms with E-state index in [1.165, 1.54) is 24.1 Å². The first-order valence-corrected chi connectivity index (χ1v) is 7.72. The Morgan fingerprint density at radius 2 is 2.15 bits per heavy atom. The number of anilines is 1. The second-order valence-electron chi connectivity index (χ2n) is 5.17. The average Bonchev–Trinajstić information content (AvgIpc) is 2.84. The van der Waals surface area contributed by atoms with Gasteiger partial charge in [0, 0.05) is 24.3 Å². The van der Waals surface area contributed by atoms with Crippen molar-refractivity contribution in [2.24, 2.45) is 0 Å². The molecule has 0 saturated carbocycles. The summed E-state index contributed by atoms with van der Waals surface area (Å²) in [6.07, 6.45) is 5.59. The lowest BCUT2D eigenvalue weighted by atomic mass is 10.1. The number of nitrogens with zero attached hydrogens (tertiary/aromatic N) is 4. The summed E-state index contributed by atoms with van der Waals surface area (Å²) in [4.78, 5) is 8.78. The zero-order valence-corrected chi connectivity index (χ0v) is 13.4. The first-order chi connectivity index (χ1) is 9.65. The minimum atomic E-state index is 0.754. The summed E-state index contributed by atoms with van der Waals surface area (Å²) in [7, 11) is 0. The second-order valence-corrected chi connectivity index (χ2v) is 5.96. The van der Waals surface area contributed by atoms with Crippen LogP contribution in [0.15, 0.2) is 10.7 Å². The molecule has 2 aromatic rings. The molecule has 0 spiro atoms. The zero-order chi connectivity index (χ0) is 14.1. The van der Waals surface area contributed by atoms with Gasteiger partial charge in [-0.05, 0) is 49.0 Å². The number of hydrogen-bond donors (Lipinski definition) is 1. The number of hydrogen-bond acceptors (Lipinski definition) is 4. The van der Waals surface area contributed by atoms with Crippen molar-refractivity contribution >= 4 is 21.7 Å². The molecule has 1 N–H and O–H groups in total. The summed E-state index contributed by atoms with van der Waals surface area (Å²) in [5, 5.41) is 7.85. The van der Waals surface area contributed by atoms with Crippen LogP contribution in [0.1, 0.15) is 35.6 Å². The van der Waals surface area contributed by atoms with Crippen molar-refractivity contribution in [2.75, 3.05) is 5.32 Å². The molecule has 106 valence electrons. The quantitative estimate of drug-likeness (QED) is 0.936. The predicted molar refractivity (Wildman–Crippen MR) is 81.7 cm³/mol. The van der Waals surface area contributed by atoms with Gasteiger partial charge >= 0.3 is 0 Å². The monoisotopic (exact) mass is 335 g/mol. The number of halogens is 1. The molecule has 0 saturated heterocycles. The van der Waals surface area contributed by atoms with Gasteiger partial charge in [0.15, 0.2) is 0 Å². The van der Waals surface area contributed by atoms with Crippen molar-refractivity contribution in [3.8, 4) is 0 Å². The van der Waals surface area contributed by atoms with E-state index in [1.807, 2.05) is 20.0 Å². The Balaban J connectivity index is 1.78. The summed E-state index contributed by atoms with van der Waals surface area (Å²) < 4.78 is 3.07. The standard InChI is InChI=1S/C14H18BrN5/c1-9-13(15)14(19-10(2)18-9)16-7-11-8-17-20-6-4-3-5-12(11)20/h8H,3-7H2,1-2H3,(H,16,18,19). The van der Waals surface area contributed by atoms with Crippen LogP contribution in [0.25, 0.3) is 0 Å². The van der Waals surface area contributed by atoms with Gasteiger partial charge in [0.1, 0.15) is 11.6 Å². The van der Waals surface area contributed by atoms with Crippen LogP contribution in [0.2, 0.25) is 0 Å². The summed E-state index contributed by atoms with van der Waals surface area (Å²) in [6, 6.07) is 0. The second kappa shape index (κ2) is 5.52. The Labute approximate surface area is 127 Å². The molecule has 3 rings (SSSR count). The van der Waals surface area contributed by atoms with Gasteiger partial charge < -0.3 is 5.32 Å². The van der Waals surface area contributed by atoms with E-state index < -0.39 is 0 Å². The van der Waals surface area contributed by atoms with E-state index in [9.17, 15) is 0 Å². The molecule has 0 unspecified atom stereocenters. The van der Waals surface area contributed by atoms with Crippen LogP contribution in [0.3, 0.4) is 0 Å². The molecule has 20 heavy (non-hydrogen) atoms. The van der Waals surface area contributed by atoms with E-state index in [-0.39, 0.29) is 0 Å². The molecule has 6 heteroatoms. The van der Waals surface area contributed by atoms with E-state index in [4.69, 9.17) is 0 Å². The SMILES string of the molecule is Cc1nc(C)c(Br)c(NCc2cnn3c2CCCC3)n1. The minimum Gasteiger partial charge on any atom is -0.365 e. The topological polar surface area (TPSA) is 55.6 Å². The predicted octanol–water partition coefficient (Wildman–Crippen LogP) is 3.00. The molecule has 1 aliphatic heterocycles. The first-order valence-electron chi connectivity index (χ1n) is 6.93. The van der Waals surface area contributed by atoms with Crippen LogP contribution in [0.5, 0.6) is 0 Å². The number of aromatic nitrogens is 4. The van der Waals surface area contributed by atoms with Crippen LogP contribution in [-0.2, 0) is 19.5 Å². The Morgan fingerprint density at radius 3 is 3.00 bits per heavy atom. The van der Waals surface area contributed by atoms with Crippen LogP contribution in [0.4, 0.5) is 5.82 Å². The van der Waals surface area contributed by atoms with Gasteiger partial charge in [-0.2, -0.15) is 5.10 Å². The van der Waals surface area contributed by atoms with Crippen molar-refractivity contribution in [1.82, 2.24) is 19.7 Å². The van der Waals surface area contributed by atoms with Gasteiger partial charge in [-0.1, -0.05) is 0 Å². The average molecular weight is 336 g/mol. The Bertz CT molecular complexity index is 635. The van der Waals surface area contributed by atoms with E-state index in [1.54, 1.807) is 0 Å². The molecule has 2 aromatic heterocycles. The highest BCUT2D eigenvalue weighted by molar-refractivity contribution is 9.10. The first kappa shape index (κ1) is 13.5. The zero-order valence-electron chi connectivity index (χ0n) is 11.8. The third-order valence-corrected chi connectivity index (χ3v) is 4.59. The maximum atomic E-state index is 4.46. The molecule has 0 bridgehead atoms. The maximum Gasteiger partial charge on any atom is 0.144 e. The Kier molecular flexibility index (Phi) is 3.74. The third kappa shape index (κ3) is 2.57. The fourth-order valence-corrected chi connectivity index (χ4v) is 2.95. The largest absolute Gasteiger partial charge is 0.365 e. The van der Waals surface area contributed by atoms with Crippen LogP contribution in [0, 0.1) is 13.8 Å². The van der Waals surface area contributed by atoms with Crippen LogP contribution in [-0.4, -0.2) is 19.7 Å². The number of nitrogens with one attached hydrogen (secondary N) is 1. The van der Waals surface area contributed by atoms with Crippen molar-refractivity contribution < 1.29 is 0 Å². The Morgan fingerprint density at radius 1 is 1.30 bits per heavy atom. The molecule has 0 radical (unpaired) electrons. The maximum absolute atomic E-state index is 4.46. The van der Waals surface area contributed by atoms with Gasteiger partial charge in [0.2, 0.25) is 0 Å². The van der Waals surface area contributed by atoms with Crippen molar-refractivity contribution in [3.05, 3.63) is 33.4 Å². The third-order valence-electron chi connectivity index (χ3n) is 3.64. The van der Waals surface area contributed by atoms with Crippen LogP contribution >= 0.6 is 15.9 Å². The molecule has 0 aliphatic carbocycles. The molecular weight excluding hydrogens is 318 g/mol. The molecule has 3 heterocycles. The van der Waals surface area contributed by atoms with E-state index >= 15 is 0 Å². The van der Waals surface area contributed by atoms with Crippen LogP contribution < -0.4 is 5.32 Å². The highest BCUT2D eigenvalue weighted by atomic mass is 79.9. The van der Waals surface area contributed by atoms with Gasteiger partial charge in [0.05, 0.1) is 16.4 Å². The summed E-state index contributed by atoms with van der Waals surface area (Å²) >= 11 is 3.55. The Hall–Kier alpha value is -1.43. The molecule has 0 atom stereocenters. The highest BCUT2D eigenvalue weighted by Gasteiger charge is 2.15. The summed E-state index contributed by atoms with van der Waals surface area (Å²) in [5.74, 6) is 1.64. The van der Waals surface area contributed by atoms with Gasteiger partial charge in [-0.15, -0.1) is 0 Å².